The summed E-state index contributed by atoms with van der Waals surface area (Å²) in [5.41, 5.74) is 2.11. The lowest BCUT2D eigenvalue weighted by atomic mass is 10.2. The number of thiazole rings is 1. The van der Waals surface area contributed by atoms with Crippen molar-refractivity contribution in [2.45, 2.75) is 0 Å². The van der Waals surface area contributed by atoms with Crippen molar-refractivity contribution in [2.75, 3.05) is 26.6 Å². The van der Waals surface area contributed by atoms with Crippen LogP contribution in [0.2, 0.25) is 0 Å². The maximum atomic E-state index is 12.6. The molecular weight excluding hydrogens is 432 g/mol. The first-order chi connectivity index (χ1) is 13.0. The van der Waals surface area contributed by atoms with E-state index in [0.717, 1.165) is 21.5 Å². The summed E-state index contributed by atoms with van der Waals surface area (Å²) in [4.78, 5) is 17.0. The molecule has 0 saturated heterocycles. The Morgan fingerprint density at radius 1 is 1.04 bits per heavy atom. The molecule has 0 bridgehead atoms. The number of anilines is 1. The van der Waals surface area contributed by atoms with Gasteiger partial charge in [0.25, 0.3) is 5.91 Å². The second kappa shape index (κ2) is 8.41. The number of halogens is 1. The van der Waals surface area contributed by atoms with Crippen LogP contribution in [0.3, 0.4) is 0 Å². The standard InChI is InChI=1S/C19H17BrN2O4S/c1-24-13-6-12(7-14(9-13)25-2)18(23)22-19-21-16(10-27-19)11-4-5-17(26-3)15(20)8-11/h4-10H,1-3H3,(H,21,22,23). The summed E-state index contributed by atoms with van der Waals surface area (Å²) in [7, 11) is 4.69. The molecule has 0 unspecified atom stereocenters. The maximum Gasteiger partial charge on any atom is 0.257 e. The number of rotatable bonds is 6. The van der Waals surface area contributed by atoms with E-state index in [2.05, 4.69) is 26.2 Å². The van der Waals surface area contributed by atoms with Crippen molar-refractivity contribution in [1.29, 1.82) is 0 Å². The summed E-state index contributed by atoms with van der Waals surface area (Å²) in [5.74, 6) is 1.54. The van der Waals surface area contributed by atoms with Crippen LogP contribution in [-0.2, 0) is 0 Å². The molecule has 0 fully saturated rings. The number of benzene rings is 2. The lowest BCUT2D eigenvalue weighted by Crippen LogP contribution is -2.12. The number of carbonyl (C=O) groups is 1. The highest BCUT2D eigenvalue weighted by Crippen LogP contribution is 2.32. The van der Waals surface area contributed by atoms with E-state index in [1.54, 1.807) is 25.3 Å². The van der Waals surface area contributed by atoms with Crippen LogP contribution in [-0.4, -0.2) is 32.2 Å². The smallest absolute Gasteiger partial charge is 0.257 e. The van der Waals surface area contributed by atoms with Crippen molar-refractivity contribution in [1.82, 2.24) is 4.98 Å². The molecule has 0 saturated carbocycles. The fourth-order valence-electron chi connectivity index (χ4n) is 2.40. The molecule has 8 heteroatoms. The highest BCUT2D eigenvalue weighted by Gasteiger charge is 2.13. The topological polar surface area (TPSA) is 69.7 Å². The number of nitrogens with one attached hydrogen (secondary N) is 1. The zero-order valence-corrected chi connectivity index (χ0v) is 17.3. The molecule has 140 valence electrons. The minimum absolute atomic E-state index is 0.288. The number of amides is 1. The quantitative estimate of drug-likeness (QED) is 0.583. The van der Waals surface area contributed by atoms with Crippen LogP contribution in [0, 0.1) is 0 Å². The van der Waals surface area contributed by atoms with Crippen LogP contribution in [0.1, 0.15) is 10.4 Å². The molecule has 0 aliphatic carbocycles. The number of hydrogen-bond donors (Lipinski definition) is 1. The largest absolute Gasteiger partial charge is 0.497 e. The van der Waals surface area contributed by atoms with Gasteiger partial charge in [-0.1, -0.05) is 0 Å². The van der Waals surface area contributed by atoms with Crippen molar-refractivity contribution in [3.63, 3.8) is 0 Å². The summed E-state index contributed by atoms with van der Waals surface area (Å²) in [5, 5.41) is 5.20. The molecule has 3 aromatic rings. The third-order valence-electron chi connectivity index (χ3n) is 3.79. The molecule has 27 heavy (non-hydrogen) atoms. The van der Waals surface area contributed by atoms with E-state index >= 15 is 0 Å². The summed E-state index contributed by atoms with van der Waals surface area (Å²) < 4.78 is 16.5. The zero-order valence-electron chi connectivity index (χ0n) is 14.9. The number of ether oxygens (including phenoxy) is 3. The Morgan fingerprint density at radius 3 is 2.33 bits per heavy atom. The first kappa shape index (κ1) is 19.2. The Balaban J connectivity index is 1.79. The minimum Gasteiger partial charge on any atom is -0.497 e. The summed E-state index contributed by atoms with van der Waals surface area (Å²) in [6.45, 7) is 0. The molecule has 1 amide bonds. The Bertz CT molecular complexity index is 952. The molecule has 0 aliphatic heterocycles. The van der Waals surface area contributed by atoms with E-state index in [1.807, 2.05) is 23.6 Å². The van der Waals surface area contributed by atoms with Gasteiger partial charge in [0.05, 0.1) is 31.5 Å². The molecule has 3 rings (SSSR count). The number of hydrogen-bond acceptors (Lipinski definition) is 6. The van der Waals surface area contributed by atoms with Crippen molar-refractivity contribution in [2.24, 2.45) is 0 Å². The van der Waals surface area contributed by atoms with E-state index in [4.69, 9.17) is 14.2 Å². The Morgan fingerprint density at radius 2 is 1.74 bits per heavy atom. The van der Waals surface area contributed by atoms with Gasteiger partial charge in [0.1, 0.15) is 17.2 Å². The normalized spacial score (nSPS) is 10.4. The van der Waals surface area contributed by atoms with Crippen LogP contribution in [0.15, 0.2) is 46.3 Å². The number of nitrogens with zero attached hydrogens (tertiary/aromatic N) is 1. The van der Waals surface area contributed by atoms with Gasteiger partial charge in [0.2, 0.25) is 0 Å². The lowest BCUT2D eigenvalue weighted by molar-refractivity contribution is 0.102. The molecule has 6 nitrogen and oxygen atoms in total. The second-order valence-corrected chi connectivity index (χ2v) is 7.16. The van der Waals surface area contributed by atoms with Crippen LogP contribution in [0.5, 0.6) is 17.2 Å². The fourth-order valence-corrected chi connectivity index (χ4v) is 3.65. The van der Waals surface area contributed by atoms with E-state index in [1.165, 1.54) is 25.6 Å². The molecular formula is C19H17BrN2O4S. The predicted molar refractivity (Wildman–Crippen MR) is 109 cm³/mol. The third kappa shape index (κ3) is 4.40. The predicted octanol–water partition coefficient (Wildman–Crippen LogP) is 4.85. The number of methoxy groups -OCH3 is 3. The molecule has 1 aromatic heterocycles. The van der Waals surface area contributed by atoms with Crippen LogP contribution >= 0.6 is 27.3 Å². The van der Waals surface area contributed by atoms with Gasteiger partial charge in [-0.05, 0) is 46.3 Å². The summed E-state index contributed by atoms with van der Waals surface area (Å²) >= 11 is 4.82. The molecule has 0 spiro atoms. The highest BCUT2D eigenvalue weighted by molar-refractivity contribution is 9.10. The SMILES string of the molecule is COc1cc(OC)cc(C(=O)Nc2nc(-c3ccc(OC)c(Br)c3)cs2)c1. The van der Waals surface area contributed by atoms with E-state index in [0.29, 0.717) is 22.2 Å². The van der Waals surface area contributed by atoms with E-state index < -0.39 is 0 Å². The van der Waals surface area contributed by atoms with Crippen molar-refractivity contribution < 1.29 is 19.0 Å². The highest BCUT2D eigenvalue weighted by atomic mass is 79.9. The Kier molecular flexibility index (Phi) is 5.98. The Hall–Kier alpha value is -2.58. The summed E-state index contributed by atoms with van der Waals surface area (Å²) in [6.07, 6.45) is 0. The van der Waals surface area contributed by atoms with Crippen LogP contribution in [0.25, 0.3) is 11.3 Å². The number of carbonyl (C=O) groups excluding carboxylic acids is 1. The van der Waals surface area contributed by atoms with Gasteiger partial charge < -0.3 is 14.2 Å². The van der Waals surface area contributed by atoms with Crippen LogP contribution in [0.4, 0.5) is 5.13 Å². The van der Waals surface area contributed by atoms with Gasteiger partial charge in [0.15, 0.2) is 5.13 Å². The van der Waals surface area contributed by atoms with Crippen molar-refractivity contribution in [3.05, 3.63) is 51.8 Å². The molecule has 1 heterocycles. The molecule has 1 N–H and O–H groups in total. The first-order valence-electron chi connectivity index (χ1n) is 7.88. The maximum absolute atomic E-state index is 12.6. The summed E-state index contributed by atoms with van der Waals surface area (Å²) in [6, 6.07) is 10.7. The van der Waals surface area contributed by atoms with Gasteiger partial charge in [-0.2, -0.15) is 0 Å². The van der Waals surface area contributed by atoms with Gasteiger partial charge in [-0.3, -0.25) is 10.1 Å². The molecule has 2 aromatic carbocycles. The minimum atomic E-state index is -0.288. The van der Waals surface area contributed by atoms with Gasteiger partial charge >= 0.3 is 0 Å². The fraction of sp³-hybridized carbons (Fsp3) is 0.158. The molecule has 0 atom stereocenters. The van der Waals surface area contributed by atoms with Crippen molar-refractivity contribution in [3.8, 4) is 28.5 Å². The monoisotopic (exact) mass is 448 g/mol. The van der Waals surface area contributed by atoms with Gasteiger partial charge in [-0.25, -0.2) is 4.98 Å². The second-order valence-electron chi connectivity index (χ2n) is 5.44. The Labute approximate surface area is 169 Å². The lowest BCUT2D eigenvalue weighted by Gasteiger charge is -2.08. The third-order valence-corrected chi connectivity index (χ3v) is 5.16. The van der Waals surface area contributed by atoms with Gasteiger partial charge in [-0.15, -0.1) is 11.3 Å². The molecule has 0 radical (unpaired) electrons. The molecule has 0 aliphatic rings. The average Bonchev–Trinajstić information content (AvgIpc) is 3.15. The van der Waals surface area contributed by atoms with E-state index in [-0.39, 0.29) is 5.91 Å². The zero-order chi connectivity index (χ0) is 19.4. The van der Waals surface area contributed by atoms with Crippen molar-refractivity contribution >= 4 is 38.3 Å². The van der Waals surface area contributed by atoms with Crippen LogP contribution < -0.4 is 19.5 Å². The number of aromatic nitrogens is 1. The van der Waals surface area contributed by atoms with E-state index in [9.17, 15) is 4.79 Å². The first-order valence-corrected chi connectivity index (χ1v) is 9.55. The average molecular weight is 449 g/mol. The van der Waals surface area contributed by atoms with Gasteiger partial charge in [0, 0.05) is 22.6 Å².